The molecule has 1 heterocycles. The summed E-state index contributed by atoms with van der Waals surface area (Å²) in [5.74, 6) is 6.34. The molecule has 1 aliphatic rings. The second-order valence-electron chi connectivity index (χ2n) is 4.74. The van der Waals surface area contributed by atoms with Crippen molar-refractivity contribution in [3.63, 3.8) is 0 Å². The molecule has 0 saturated carbocycles. The lowest BCUT2D eigenvalue weighted by molar-refractivity contribution is 0.436. The predicted molar refractivity (Wildman–Crippen MR) is 79.6 cm³/mol. The van der Waals surface area contributed by atoms with E-state index in [0.717, 1.165) is 10.2 Å². The van der Waals surface area contributed by atoms with Gasteiger partial charge in [0.25, 0.3) is 0 Å². The summed E-state index contributed by atoms with van der Waals surface area (Å²) in [6, 6.07) is 11.1. The third-order valence-electron chi connectivity index (χ3n) is 3.67. The van der Waals surface area contributed by atoms with E-state index in [0.29, 0.717) is 5.92 Å². The van der Waals surface area contributed by atoms with Crippen LogP contribution in [0.25, 0.3) is 0 Å². The second-order valence-corrected chi connectivity index (χ2v) is 7.03. The largest absolute Gasteiger partial charge is 0.271 e. The fourth-order valence-corrected chi connectivity index (χ4v) is 3.89. The molecular formula is C14H15BrN2S. The highest BCUT2D eigenvalue weighted by molar-refractivity contribution is 9.11. The van der Waals surface area contributed by atoms with Crippen LogP contribution in [0, 0.1) is 0 Å². The number of nitrogens with two attached hydrogens (primary N) is 1. The van der Waals surface area contributed by atoms with Gasteiger partial charge in [0, 0.05) is 6.04 Å². The van der Waals surface area contributed by atoms with Gasteiger partial charge in [-0.2, -0.15) is 0 Å². The third-order valence-corrected chi connectivity index (χ3v) is 5.20. The number of nitrogens with one attached hydrogen (secondary N) is 1. The first-order valence-corrected chi connectivity index (χ1v) is 7.73. The lowest BCUT2D eigenvalue weighted by Gasteiger charge is -2.32. The Bertz CT molecular complexity index is 552. The van der Waals surface area contributed by atoms with E-state index in [2.05, 4.69) is 57.1 Å². The molecule has 2 aromatic rings. The van der Waals surface area contributed by atoms with Crippen molar-refractivity contribution in [2.75, 3.05) is 0 Å². The number of rotatable bonds is 4. The van der Waals surface area contributed by atoms with Crippen molar-refractivity contribution in [3.8, 4) is 0 Å². The van der Waals surface area contributed by atoms with Crippen LogP contribution in [0.1, 0.15) is 35.1 Å². The van der Waals surface area contributed by atoms with E-state index >= 15 is 0 Å². The zero-order valence-corrected chi connectivity index (χ0v) is 12.3. The monoisotopic (exact) mass is 322 g/mol. The van der Waals surface area contributed by atoms with Crippen LogP contribution in [0.15, 0.2) is 39.5 Å². The molecule has 2 unspecified atom stereocenters. The fourth-order valence-electron chi connectivity index (χ4n) is 2.66. The number of thiophene rings is 1. The molecule has 0 saturated heterocycles. The maximum Gasteiger partial charge on any atom is 0.0701 e. The van der Waals surface area contributed by atoms with E-state index in [1.807, 2.05) is 0 Å². The first kappa shape index (κ1) is 12.4. The summed E-state index contributed by atoms with van der Waals surface area (Å²) in [5.41, 5.74) is 7.21. The first-order chi connectivity index (χ1) is 8.78. The number of hydrazine groups is 1. The highest BCUT2D eigenvalue weighted by atomic mass is 79.9. The summed E-state index contributed by atoms with van der Waals surface area (Å²) in [7, 11) is 0. The van der Waals surface area contributed by atoms with Crippen molar-refractivity contribution in [2.45, 2.75) is 24.8 Å². The lowest BCUT2D eigenvalue weighted by atomic mass is 9.74. The summed E-state index contributed by atoms with van der Waals surface area (Å²) in [6.07, 6.45) is 2.25. The molecule has 0 amide bonds. The van der Waals surface area contributed by atoms with Gasteiger partial charge in [-0.25, -0.2) is 0 Å². The van der Waals surface area contributed by atoms with E-state index < -0.39 is 0 Å². The minimum absolute atomic E-state index is 0.242. The average molecular weight is 323 g/mol. The van der Waals surface area contributed by atoms with Crippen LogP contribution < -0.4 is 11.3 Å². The first-order valence-electron chi connectivity index (χ1n) is 6.06. The van der Waals surface area contributed by atoms with Gasteiger partial charge >= 0.3 is 0 Å². The molecule has 1 aliphatic carbocycles. The van der Waals surface area contributed by atoms with Crippen LogP contribution in [0.4, 0.5) is 0 Å². The van der Waals surface area contributed by atoms with Gasteiger partial charge in [0.1, 0.15) is 0 Å². The Kier molecular flexibility index (Phi) is 3.52. The number of benzene rings is 1. The van der Waals surface area contributed by atoms with Crippen LogP contribution in [0.2, 0.25) is 0 Å². The fraction of sp³-hybridized carbons (Fsp3) is 0.286. The Hall–Kier alpha value is -0.680. The molecule has 3 N–H and O–H groups in total. The molecule has 2 nitrogen and oxygen atoms in total. The summed E-state index contributed by atoms with van der Waals surface area (Å²) in [6.45, 7) is 0. The Morgan fingerprint density at radius 3 is 2.94 bits per heavy atom. The van der Waals surface area contributed by atoms with Crippen molar-refractivity contribution in [1.82, 2.24) is 5.43 Å². The van der Waals surface area contributed by atoms with Gasteiger partial charge in [0.2, 0.25) is 0 Å². The molecule has 4 heteroatoms. The molecule has 2 atom stereocenters. The Morgan fingerprint density at radius 2 is 2.28 bits per heavy atom. The van der Waals surface area contributed by atoms with Crippen LogP contribution >= 0.6 is 27.3 Å². The highest BCUT2D eigenvalue weighted by Crippen LogP contribution is 2.41. The zero-order valence-electron chi connectivity index (χ0n) is 9.90. The molecule has 1 aromatic carbocycles. The van der Waals surface area contributed by atoms with Gasteiger partial charge < -0.3 is 0 Å². The van der Waals surface area contributed by atoms with Crippen LogP contribution in [0.5, 0.6) is 0 Å². The van der Waals surface area contributed by atoms with Gasteiger partial charge in [0.15, 0.2) is 0 Å². The summed E-state index contributed by atoms with van der Waals surface area (Å²) in [5, 5.41) is 2.17. The normalized spacial score (nSPS) is 19.1. The van der Waals surface area contributed by atoms with Crippen molar-refractivity contribution in [1.29, 1.82) is 0 Å². The van der Waals surface area contributed by atoms with Gasteiger partial charge in [-0.1, -0.05) is 24.3 Å². The Labute approximate surface area is 119 Å². The van der Waals surface area contributed by atoms with Gasteiger partial charge in [0.05, 0.1) is 3.79 Å². The van der Waals surface area contributed by atoms with E-state index in [1.165, 1.54) is 23.1 Å². The second kappa shape index (κ2) is 5.13. The molecule has 1 aromatic heterocycles. The SMILES string of the molecule is NNC(CC1Cc2ccccc21)c1csc(Br)c1. The molecule has 0 radical (unpaired) electrons. The summed E-state index contributed by atoms with van der Waals surface area (Å²) in [4.78, 5) is 0. The molecule has 18 heavy (non-hydrogen) atoms. The minimum Gasteiger partial charge on any atom is -0.271 e. The maximum atomic E-state index is 5.70. The van der Waals surface area contributed by atoms with Crippen LogP contribution in [-0.4, -0.2) is 0 Å². The van der Waals surface area contributed by atoms with Crippen LogP contribution in [0.3, 0.4) is 0 Å². The van der Waals surface area contributed by atoms with Gasteiger partial charge in [-0.3, -0.25) is 11.3 Å². The molecule has 3 rings (SSSR count). The Morgan fingerprint density at radius 1 is 1.44 bits per heavy atom. The molecule has 0 spiro atoms. The van der Waals surface area contributed by atoms with E-state index in [-0.39, 0.29) is 6.04 Å². The van der Waals surface area contributed by atoms with E-state index in [4.69, 9.17) is 5.84 Å². The van der Waals surface area contributed by atoms with Gasteiger partial charge in [-0.05, 0) is 62.8 Å². The number of halogens is 1. The zero-order chi connectivity index (χ0) is 12.5. The molecule has 94 valence electrons. The average Bonchev–Trinajstić information content (AvgIpc) is 2.77. The van der Waals surface area contributed by atoms with E-state index in [9.17, 15) is 0 Å². The number of fused-ring (bicyclic) bond motifs is 1. The lowest BCUT2D eigenvalue weighted by Crippen LogP contribution is -2.31. The van der Waals surface area contributed by atoms with Crippen LogP contribution in [-0.2, 0) is 6.42 Å². The van der Waals surface area contributed by atoms with Crippen molar-refractivity contribution < 1.29 is 0 Å². The summed E-state index contributed by atoms with van der Waals surface area (Å²) >= 11 is 5.21. The summed E-state index contributed by atoms with van der Waals surface area (Å²) < 4.78 is 1.16. The molecular weight excluding hydrogens is 308 g/mol. The van der Waals surface area contributed by atoms with Crippen molar-refractivity contribution in [2.24, 2.45) is 5.84 Å². The smallest absolute Gasteiger partial charge is 0.0701 e. The maximum absolute atomic E-state index is 5.70. The molecule has 0 bridgehead atoms. The highest BCUT2D eigenvalue weighted by Gasteiger charge is 2.28. The molecule has 0 fully saturated rings. The Balaban J connectivity index is 1.73. The number of hydrogen-bond donors (Lipinski definition) is 2. The molecule has 0 aliphatic heterocycles. The third kappa shape index (κ3) is 2.26. The van der Waals surface area contributed by atoms with Crippen molar-refractivity contribution >= 4 is 27.3 Å². The predicted octanol–water partition coefficient (Wildman–Crippen LogP) is 3.75. The van der Waals surface area contributed by atoms with E-state index in [1.54, 1.807) is 11.3 Å². The number of hydrogen-bond acceptors (Lipinski definition) is 3. The van der Waals surface area contributed by atoms with Gasteiger partial charge in [-0.15, -0.1) is 11.3 Å². The van der Waals surface area contributed by atoms with Crippen molar-refractivity contribution in [3.05, 3.63) is 56.2 Å². The quantitative estimate of drug-likeness (QED) is 0.664. The topological polar surface area (TPSA) is 38.0 Å². The standard InChI is InChI=1S/C14H15BrN2S/c15-14-7-11(8-18-14)13(17-16)6-10-5-9-3-1-2-4-12(9)10/h1-4,7-8,10,13,17H,5-6,16H2. The minimum atomic E-state index is 0.242.